The van der Waals surface area contributed by atoms with E-state index in [1.165, 1.54) is 26.4 Å². The molecule has 2 fully saturated rings. The molecule has 2 aromatic carbocycles. The third kappa shape index (κ3) is 7.94. The molecule has 6 rings (SSSR count). The third-order valence-electron chi connectivity index (χ3n) is 9.49. The SMILES string of the molecule is C=CC(=O)NC1CC2CC2C1Nc1ncc2cc(-c3c(Cl)c(OC)cc(OC)c3Cl)c(=O)n(CCc3ccc(NC(=O)/C=C/CN(C)C)cc3)c2n1. The van der Waals surface area contributed by atoms with Gasteiger partial charge in [0.05, 0.1) is 35.9 Å². The standard InChI is InChI=1S/C38H41Cl2N7O5/c1-6-30(48)43-27-18-22-16-25(22)35(27)44-38-41-20-23-17-26(32-33(39)28(51-4)19-29(52-5)34(32)40)37(50)47(36(23)45-38)15-13-21-9-11-24(12-10-21)42-31(49)8-7-14-46(2)3/h6-12,17,19-20,22,25,27,35H,1,13-16,18H2,2-5H3,(H,42,49)(H,43,48)(H,41,44,45)/b8-7+. The molecular formula is C38H41Cl2N7O5. The van der Waals surface area contributed by atoms with E-state index in [1.54, 1.807) is 29.0 Å². The Morgan fingerprint density at radius 3 is 2.42 bits per heavy atom. The Hall–Kier alpha value is -4.91. The van der Waals surface area contributed by atoms with Crippen LogP contribution in [-0.2, 0) is 22.6 Å². The Balaban J connectivity index is 1.35. The van der Waals surface area contributed by atoms with Gasteiger partial charge in [-0.05, 0) is 75.0 Å². The number of benzene rings is 2. The number of nitrogens with zero attached hydrogens (tertiary/aromatic N) is 4. The number of carbonyl (C=O) groups excluding carboxylic acids is 2. The van der Waals surface area contributed by atoms with E-state index in [1.807, 2.05) is 43.3 Å². The molecule has 0 spiro atoms. The fraction of sp³-hybridized carbons (Fsp3) is 0.342. The third-order valence-corrected chi connectivity index (χ3v) is 10.2. The fourth-order valence-corrected chi connectivity index (χ4v) is 7.49. The molecule has 3 N–H and O–H groups in total. The van der Waals surface area contributed by atoms with Gasteiger partial charge in [-0.15, -0.1) is 0 Å². The van der Waals surface area contributed by atoms with Crippen LogP contribution < -0.4 is 31.0 Å². The van der Waals surface area contributed by atoms with Crippen molar-refractivity contribution >= 4 is 57.7 Å². The van der Waals surface area contributed by atoms with Crippen molar-refractivity contribution in [2.45, 2.75) is 37.9 Å². The zero-order chi connectivity index (χ0) is 37.1. The number of methoxy groups -OCH3 is 2. The summed E-state index contributed by atoms with van der Waals surface area (Å²) in [5.41, 5.74) is 2.13. The van der Waals surface area contributed by atoms with Crippen molar-refractivity contribution in [2.24, 2.45) is 11.8 Å². The molecule has 12 nitrogen and oxygen atoms in total. The second kappa shape index (κ2) is 15.8. The topological polar surface area (TPSA) is 140 Å². The molecular weight excluding hydrogens is 705 g/mol. The van der Waals surface area contributed by atoms with Crippen molar-refractivity contribution < 1.29 is 19.1 Å². The lowest BCUT2D eigenvalue weighted by Gasteiger charge is -2.24. The molecule has 0 bridgehead atoms. The van der Waals surface area contributed by atoms with Crippen molar-refractivity contribution in [1.29, 1.82) is 0 Å². The summed E-state index contributed by atoms with van der Waals surface area (Å²) in [5, 5.41) is 10.3. The van der Waals surface area contributed by atoms with Gasteiger partial charge in [-0.2, -0.15) is 4.98 Å². The first-order valence-electron chi connectivity index (χ1n) is 16.9. The number of pyridine rings is 1. The van der Waals surface area contributed by atoms with Crippen molar-refractivity contribution in [1.82, 2.24) is 24.8 Å². The molecule has 0 aliphatic heterocycles. The Morgan fingerprint density at radius 1 is 1.06 bits per heavy atom. The number of hydrogen-bond donors (Lipinski definition) is 3. The van der Waals surface area contributed by atoms with E-state index in [2.05, 4.69) is 27.5 Å². The molecule has 2 aliphatic rings. The van der Waals surface area contributed by atoms with Crippen molar-refractivity contribution in [2.75, 3.05) is 45.5 Å². The van der Waals surface area contributed by atoms with E-state index < -0.39 is 0 Å². The lowest BCUT2D eigenvalue weighted by molar-refractivity contribution is -0.117. The Morgan fingerprint density at radius 2 is 1.77 bits per heavy atom. The maximum atomic E-state index is 14.5. The van der Waals surface area contributed by atoms with Gasteiger partial charge in [0.25, 0.3) is 5.56 Å². The van der Waals surface area contributed by atoms with Gasteiger partial charge in [0.1, 0.15) is 17.1 Å². The van der Waals surface area contributed by atoms with Gasteiger partial charge in [-0.25, -0.2) is 4.98 Å². The lowest BCUT2D eigenvalue weighted by atomic mass is 10.0. The summed E-state index contributed by atoms with van der Waals surface area (Å²) in [5.74, 6) is 1.43. The molecule has 4 atom stereocenters. The summed E-state index contributed by atoms with van der Waals surface area (Å²) in [6.45, 7) is 4.49. The smallest absolute Gasteiger partial charge is 0.260 e. The van der Waals surface area contributed by atoms with Crippen LogP contribution in [0.3, 0.4) is 0 Å². The monoisotopic (exact) mass is 745 g/mol. The average Bonchev–Trinajstić information content (AvgIpc) is 3.81. The number of fused-ring (bicyclic) bond motifs is 2. The first-order chi connectivity index (χ1) is 25.0. The maximum Gasteiger partial charge on any atom is 0.260 e. The zero-order valence-corrected chi connectivity index (χ0v) is 30.9. The Bertz CT molecular complexity index is 2070. The molecule has 272 valence electrons. The van der Waals surface area contributed by atoms with Gasteiger partial charge in [0, 0.05) is 54.1 Å². The average molecular weight is 747 g/mol. The summed E-state index contributed by atoms with van der Waals surface area (Å²) in [4.78, 5) is 50.4. The molecule has 2 aliphatic carbocycles. The summed E-state index contributed by atoms with van der Waals surface area (Å²) in [7, 11) is 6.80. The van der Waals surface area contributed by atoms with Crippen molar-refractivity contribution in [3.05, 3.63) is 93.4 Å². The number of hydrogen-bond acceptors (Lipinski definition) is 9. The van der Waals surface area contributed by atoms with Crippen LogP contribution in [0.1, 0.15) is 18.4 Å². The summed E-state index contributed by atoms with van der Waals surface area (Å²) in [6.07, 6.45) is 8.63. The second-order valence-electron chi connectivity index (χ2n) is 13.3. The van der Waals surface area contributed by atoms with Gasteiger partial charge >= 0.3 is 0 Å². The molecule has 2 aromatic heterocycles. The predicted molar refractivity (Wildman–Crippen MR) is 205 cm³/mol. The summed E-state index contributed by atoms with van der Waals surface area (Å²) < 4.78 is 12.6. The normalized spacial score (nSPS) is 19.1. The molecule has 4 aromatic rings. The number of aryl methyl sites for hydroxylation is 2. The van der Waals surface area contributed by atoms with E-state index in [9.17, 15) is 14.4 Å². The highest BCUT2D eigenvalue weighted by Gasteiger charge is 2.54. The molecule has 2 saturated carbocycles. The minimum atomic E-state index is -0.371. The van der Waals surface area contributed by atoms with Gasteiger partial charge < -0.3 is 30.3 Å². The van der Waals surface area contributed by atoms with Gasteiger partial charge in [0.15, 0.2) is 0 Å². The predicted octanol–water partition coefficient (Wildman–Crippen LogP) is 5.57. The number of carbonyl (C=O) groups is 2. The highest BCUT2D eigenvalue weighted by molar-refractivity contribution is 6.41. The molecule has 0 radical (unpaired) electrons. The van der Waals surface area contributed by atoms with E-state index in [-0.39, 0.29) is 57.2 Å². The van der Waals surface area contributed by atoms with Crippen LogP contribution in [0.4, 0.5) is 11.6 Å². The first-order valence-corrected chi connectivity index (χ1v) is 17.7. The minimum Gasteiger partial charge on any atom is -0.495 e. The second-order valence-corrected chi connectivity index (χ2v) is 14.0. The van der Waals surface area contributed by atoms with Gasteiger partial charge in [-0.1, -0.05) is 48.0 Å². The highest BCUT2D eigenvalue weighted by Crippen LogP contribution is 2.52. The lowest BCUT2D eigenvalue weighted by Crippen LogP contribution is -2.45. The van der Waals surface area contributed by atoms with Crippen LogP contribution in [0.15, 0.2) is 72.2 Å². The van der Waals surface area contributed by atoms with Gasteiger partial charge in [0.2, 0.25) is 17.8 Å². The van der Waals surface area contributed by atoms with Crippen LogP contribution in [-0.4, -0.2) is 78.2 Å². The molecule has 2 amide bonds. The highest BCUT2D eigenvalue weighted by atomic mass is 35.5. The molecule has 0 saturated heterocycles. The van der Waals surface area contributed by atoms with E-state index >= 15 is 0 Å². The number of anilines is 2. The van der Waals surface area contributed by atoms with Crippen LogP contribution in [0.25, 0.3) is 22.2 Å². The largest absolute Gasteiger partial charge is 0.495 e. The first kappa shape index (κ1) is 36.9. The number of ether oxygens (including phenoxy) is 2. The maximum absolute atomic E-state index is 14.5. The number of aromatic nitrogens is 3. The molecule has 2 heterocycles. The molecule has 52 heavy (non-hydrogen) atoms. The van der Waals surface area contributed by atoms with Crippen LogP contribution >= 0.6 is 23.2 Å². The Labute approximate surface area is 311 Å². The number of amides is 2. The minimum absolute atomic E-state index is 0.0601. The van der Waals surface area contributed by atoms with Crippen LogP contribution in [0.2, 0.25) is 10.0 Å². The fourth-order valence-electron chi connectivity index (χ4n) is 6.79. The summed E-state index contributed by atoms with van der Waals surface area (Å²) >= 11 is 13.6. The zero-order valence-electron chi connectivity index (χ0n) is 29.4. The number of halogens is 2. The van der Waals surface area contributed by atoms with Crippen LogP contribution in [0.5, 0.6) is 11.5 Å². The Kier molecular flexibility index (Phi) is 11.2. The number of nitrogens with one attached hydrogen (secondary N) is 3. The van der Waals surface area contributed by atoms with Gasteiger partial charge in [-0.3, -0.25) is 19.0 Å². The number of likely N-dealkylation sites (N-methyl/N-ethyl adjacent to an activating group) is 1. The molecule has 14 heteroatoms. The molecule has 4 unspecified atom stereocenters. The van der Waals surface area contributed by atoms with E-state index in [4.69, 9.17) is 37.7 Å². The number of rotatable bonds is 14. The van der Waals surface area contributed by atoms with Crippen molar-refractivity contribution in [3.8, 4) is 22.6 Å². The quantitative estimate of drug-likeness (QED) is 0.141. The van der Waals surface area contributed by atoms with Crippen LogP contribution in [0, 0.1) is 11.8 Å². The van der Waals surface area contributed by atoms with E-state index in [0.717, 1.165) is 18.4 Å². The van der Waals surface area contributed by atoms with E-state index in [0.29, 0.717) is 59.0 Å². The van der Waals surface area contributed by atoms with Crippen molar-refractivity contribution in [3.63, 3.8) is 0 Å². The summed E-state index contributed by atoms with van der Waals surface area (Å²) in [6, 6.07) is 10.6.